The fourth-order valence-corrected chi connectivity index (χ4v) is 2.04. The van der Waals surface area contributed by atoms with E-state index in [-0.39, 0.29) is 5.75 Å². The van der Waals surface area contributed by atoms with Gasteiger partial charge in [0.05, 0.1) is 12.0 Å². The quantitative estimate of drug-likeness (QED) is 0.884. The fraction of sp³-hybridized carbons (Fsp3) is 0.222. The summed E-state index contributed by atoms with van der Waals surface area (Å²) in [6, 6.07) is 3.99. The van der Waals surface area contributed by atoms with E-state index in [1.165, 1.54) is 7.11 Å². The van der Waals surface area contributed by atoms with Crippen LogP contribution in [0.25, 0.3) is 0 Å². The Labute approximate surface area is 95.6 Å². The van der Waals surface area contributed by atoms with Gasteiger partial charge >= 0.3 is 11.2 Å². The zero-order valence-corrected chi connectivity index (χ0v) is 9.37. The van der Waals surface area contributed by atoms with E-state index in [0.717, 1.165) is 24.3 Å². The number of aliphatic carboxylic acids is 1. The Morgan fingerprint density at radius 1 is 1.29 bits per heavy atom. The van der Waals surface area contributed by atoms with Crippen molar-refractivity contribution in [2.75, 3.05) is 7.11 Å². The number of hydrogen-bond acceptors (Lipinski definition) is 4. The van der Waals surface area contributed by atoms with Crippen LogP contribution in [-0.4, -0.2) is 31.9 Å². The van der Waals surface area contributed by atoms with Crippen molar-refractivity contribution in [2.45, 2.75) is 10.2 Å². The van der Waals surface area contributed by atoms with E-state index in [2.05, 4.69) is 0 Å². The van der Waals surface area contributed by atoms with Crippen LogP contribution >= 0.6 is 0 Å². The van der Waals surface area contributed by atoms with Crippen molar-refractivity contribution in [3.8, 4) is 5.75 Å². The standard InChI is InChI=1S/C9H8F2O5S/c1-16-6-2-4-7(5-3-6)17(14,15)9(10,11)8(12)13/h2-5H,1H3,(H,12,13). The number of ether oxygens (including phenoxy) is 1. The number of halogens is 2. The van der Waals surface area contributed by atoms with Crippen molar-refractivity contribution in [1.82, 2.24) is 0 Å². The highest BCUT2D eigenvalue weighted by Crippen LogP contribution is 2.30. The van der Waals surface area contributed by atoms with E-state index in [9.17, 15) is 22.0 Å². The maximum Gasteiger partial charge on any atom is 0.444 e. The summed E-state index contributed by atoms with van der Waals surface area (Å²) in [5.41, 5.74) is 0. The molecule has 0 fully saturated rings. The summed E-state index contributed by atoms with van der Waals surface area (Å²) in [6.07, 6.45) is 0. The van der Waals surface area contributed by atoms with Crippen molar-refractivity contribution in [3.05, 3.63) is 24.3 Å². The van der Waals surface area contributed by atoms with Crippen LogP contribution in [0.3, 0.4) is 0 Å². The molecule has 5 nitrogen and oxygen atoms in total. The number of carbonyl (C=O) groups is 1. The molecule has 17 heavy (non-hydrogen) atoms. The van der Waals surface area contributed by atoms with Gasteiger partial charge in [0.1, 0.15) is 5.75 Å². The molecule has 94 valence electrons. The minimum Gasteiger partial charge on any atom is -0.497 e. The van der Waals surface area contributed by atoms with Crippen LogP contribution < -0.4 is 4.74 Å². The molecule has 0 saturated heterocycles. The Hall–Kier alpha value is -1.70. The average Bonchev–Trinajstić information content (AvgIpc) is 2.28. The third kappa shape index (κ3) is 2.21. The molecule has 1 aromatic carbocycles. The second-order valence-electron chi connectivity index (χ2n) is 3.00. The number of alkyl halides is 2. The lowest BCUT2D eigenvalue weighted by Gasteiger charge is -2.12. The van der Waals surface area contributed by atoms with Gasteiger partial charge in [-0.25, -0.2) is 13.2 Å². The van der Waals surface area contributed by atoms with Crippen LogP contribution in [0, 0.1) is 0 Å². The van der Waals surface area contributed by atoms with Crippen LogP contribution in [0.4, 0.5) is 8.78 Å². The number of carboxylic acid groups (broad SMARTS) is 1. The van der Waals surface area contributed by atoms with Gasteiger partial charge < -0.3 is 9.84 Å². The Morgan fingerprint density at radius 2 is 1.76 bits per heavy atom. The molecule has 0 unspecified atom stereocenters. The smallest absolute Gasteiger partial charge is 0.444 e. The molecule has 0 atom stereocenters. The summed E-state index contributed by atoms with van der Waals surface area (Å²) in [6.45, 7) is 0. The molecule has 0 heterocycles. The maximum absolute atomic E-state index is 13.0. The molecule has 0 amide bonds. The number of sulfone groups is 1. The van der Waals surface area contributed by atoms with Gasteiger partial charge in [0.25, 0.3) is 9.84 Å². The highest BCUT2D eigenvalue weighted by molar-refractivity contribution is 7.93. The van der Waals surface area contributed by atoms with Gasteiger partial charge in [-0.15, -0.1) is 0 Å². The van der Waals surface area contributed by atoms with Gasteiger partial charge in [0.2, 0.25) is 0 Å². The zero-order valence-electron chi connectivity index (χ0n) is 8.55. The molecule has 0 aliphatic carbocycles. The van der Waals surface area contributed by atoms with Crippen molar-refractivity contribution in [1.29, 1.82) is 0 Å². The third-order valence-corrected chi connectivity index (χ3v) is 3.70. The Bertz CT molecular complexity index is 521. The Morgan fingerprint density at radius 3 is 2.12 bits per heavy atom. The first-order chi connectivity index (χ1) is 7.73. The maximum atomic E-state index is 13.0. The van der Waals surface area contributed by atoms with Crippen molar-refractivity contribution < 1.29 is 31.8 Å². The lowest BCUT2D eigenvalue weighted by molar-refractivity contribution is -0.153. The van der Waals surface area contributed by atoms with Crippen LogP contribution in [0.2, 0.25) is 0 Å². The molecule has 0 saturated carbocycles. The largest absolute Gasteiger partial charge is 0.497 e. The summed E-state index contributed by atoms with van der Waals surface area (Å²) >= 11 is 0. The molecular formula is C9H8F2O5S. The van der Waals surface area contributed by atoms with E-state index in [0.29, 0.717) is 0 Å². The number of hydrogen-bond donors (Lipinski definition) is 1. The molecule has 1 rings (SSSR count). The highest BCUT2D eigenvalue weighted by Gasteiger charge is 2.53. The molecule has 0 aromatic heterocycles. The fourth-order valence-electron chi connectivity index (χ4n) is 1.02. The topological polar surface area (TPSA) is 80.7 Å². The zero-order chi connectivity index (χ0) is 13.3. The highest BCUT2D eigenvalue weighted by atomic mass is 32.2. The number of carboxylic acids is 1. The molecule has 1 N–H and O–H groups in total. The predicted octanol–water partition coefficient (Wildman–Crippen LogP) is 1.15. The molecule has 1 aromatic rings. The van der Waals surface area contributed by atoms with Gasteiger partial charge in [-0.3, -0.25) is 0 Å². The lowest BCUT2D eigenvalue weighted by Crippen LogP contribution is -2.37. The van der Waals surface area contributed by atoms with Crippen LogP contribution in [0.15, 0.2) is 29.2 Å². The monoisotopic (exact) mass is 266 g/mol. The van der Waals surface area contributed by atoms with Gasteiger partial charge in [0.15, 0.2) is 0 Å². The summed E-state index contributed by atoms with van der Waals surface area (Å²) in [4.78, 5) is 9.42. The van der Waals surface area contributed by atoms with E-state index in [4.69, 9.17) is 9.84 Å². The van der Waals surface area contributed by atoms with E-state index >= 15 is 0 Å². The van der Waals surface area contributed by atoms with Crippen molar-refractivity contribution >= 4 is 15.8 Å². The Balaban J connectivity index is 3.27. The predicted molar refractivity (Wildman–Crippen MR) is 52.8 cm³/mol. The first-order valence-corrected chi connectivity index (χ1v) is 5.71. The van der Waals surface area contributed by atoms with Gasteiger partial charge in [-0.1, -0.05) is 0 Å². The first-order valence-electron chi connectivity index (χ1n) is 4.23. The number of rotatable bonds is 4. The van der Waals surface area contributed by atoms with Gasteiger partial charge in [-0.2, -0.15) is 8.78 Å². The molecule has 0 radical (unpaired) electrons. The van der Waals surface area contributed by atoms with Gasteiger partial charge in [0, 0.05) is 0 Å². The SMILES string of the molecule is COc1ccc(S(=O)(=O)C(F)(F)C(=O)O)cc1. The van der Waals surface area contributed by atoms with E-state index < -0.39 is 26.0 Å². The van der Waals surface area contributed by atoms with Crippen LogP contribution in [0.5, 0.6) is 5.75 Å². The second-order valence-corrected chi connectivity index (χ2v) is 4.99. The molecule has 8 heteroatoms. The molecular weight excluding hydrogens is 258 g/mol. The Kier molecular flexibility index (Phi) is 3.37. The number of benzene rings is 1. The van der Waals surface area contributed by atoms with Crippen molar-refractivity contribution in [3.63, 3.8) is 0 Å². The molecule has 0 bridgehead atoms. The second kappa shape index (κ2) is 4.28. The van der Waals surface area contributed by atoms with Gasteiger partial charge in [-0.05, 0) is 24.3 Å². The average molecular weight is 266 g/mol. The third-order valence-electron chi connectivity index (χ3n) is 1.96. The molecule has 0 spiro atoms. The van der Waals surface area contributed by atoms with E-state index in [1.54, 1.807) is 0 Å². The van der Waals surface area contributed by atoms with Crippen LogP contribution in [-0.2, 0) is 14.6 Å². The van der Waals surface area contributed by atoms with Crippen molar-refractivity contribution in [2.24, 2.45) is 0 Å². The summed E-state index contributed by atoms with van der Waals surface area (Å²) < 4.78 is 53.3. The minimum atomic E-state index is -5.25. The lowest BCUT2D eigenvalue weighted by atomic mass is 10.3. The molecule has 0 aliphatic rings. The number of methoxy groups -OCH3 is 1. The van der Waals surface area contributed by atoms with E-state index in [1.807, 2.05) is 0 Å². The molecule has 0 aliphatic heterocycles. The van der Waals surface area contributed by atoms with Crippen LogP contribution in [0.1, 0.15) is 0 Å². The minimum absolute atomic E-state index is 0.266. The summed E-state index contributed by atoms with van der Waals surface area (Å²) in [5.74, 6) is -2.45. The normalized spacial score (nSPS) is 12.2. The first kappa shape index (κ1) is 13.4. The summed E-state index contributed by atoms with van der Waals surface area (Å²) in [7, 11) is -3.94. The summed E-state index contributed by atoms with van der Waals surface area (Å²) in [5, 5.41) is 3.33.